The monoisotopic (exact) mass is 296 g/mol. The van der Waals surface area contributed by atoms with Gasteiger partial charge in [0, 0.05) is 29.9 Å². The minimum Gasteiger partial charge on any atom is -0.371 e. The number of aryl methyl sites for hydroxylation is 2. The van der Waals surface area contributed by atoms with Crippen molar-refractivity contribution in [2.75, 3.05) is 18.0 Å². The largest absolute Gasteiger partial charge is 0.371 e. The Kier molecular flexibility index (Phi) is 4.32. The number of aromatic amines is 1. The molecule has 1 saturated heterocycles. The van der Waals surface area contributed by atoms with Crippen molar-refractivity contribution in [2.24, 2.45) is 0 Å². The van der Waals surface area contributed by atoms with Gasteiger partial charge in [0.15, 0.2) is 0 Å². The molecule has 0 bridgehead atoms. The van der Waals surface area contributed by atoms with Crippen LogP contribution in [0.5, 0.6) is 0 Å². The van der Waals surface area contributed by atoms with Crippen molar-refractivity contribution < 1.29 is 0 Å². The summed E-state index contributed by atoms with van der Waals surface area (Å²) in [6, 6.07) is 10.5. The second-order valence-corrected chi connectivity index (χ2v) is 6.10. The molecule has 1 aromatic carbocycles. The molecule has 0 saturated carbocycles. The van der Waals surface area contributed by atoms with Crippen LogP contribution < -0.4 is 10.5 Å². The van der Waals surface area contributed by atoms with Crippen LogP contribution in [0, 0.1) is 6.92 Å². The highest BCUT2D eigenvalue weighted by Crippen LogP contribution is 2.33. The molecule has 3 nitrogen and oxygen atoms in total. The first-order valence-electron chi connectivity index (χ1n) is 8.28. The van der Waals surface area contributed by atoms with E-state index >= 15 is 0 Å². The van der Waals surface area contributed by atoms with Crippen LogP contribution in [0.3, 0.4) is 0 Å². The third-order valence-corrected chi connectivity index (χ3v) is 4.56. The summed E-state index contributed by atoms with van der Waals surface area (Å²) in [5.41, 5.74) is 5.40. The summed E-state index contributed by atoms with van der Waals surface area (Å²) in [7, 11) is 0. The summed E-state index contributed by atoms with van der Waals surface area (Å²) >= 11 is 0. The molecule has 0 amide bonds. The van der Waals surface area contributed by atoms with Crippen LogP contribution in [0.4, 0.5) is 5.69 Å². The molecule has 0 unspecified atom stereocenters. The van der Waals surface area contributed by atoms with Gasteiger partial charge in [-0.3, -0.25) is 4.79 Å². The predicted molar refractivity (Wildman–Crippen MR) is 92.7 cm³/mol. The molecule has 0 spiro atoms. The zero-order valence-electron chi connectivity index (χ0n) is 13.5. The minimum atomic E-state index is 0.0145. The first kappa shape index (κ1) is 14.9. The van der Waals surface area contributed by atoms with Gasteiger partial charge in [0.05, 0.1) is 5.69 Å². The quantitative estimate of drug-likeness (QED) is 0.932. The van der Waals surface area contributed by atoms with E-state index in [4.69, 9.17) is 0 Å². The maximum Gasteiger partial charge on any atom is 0.251 e. The Labute approximate surface area is 132 Å². The predicted octanol–water partition coefficient (Wildman–Crippen LogP) is 3.90. The van der Waals surface area contributed by atoms with E-state index in [1.165, 1.54) is 30.5 Å². The maximum absolute atomic E-state index is 12.1. The van der Waals surface area contributed by atoms with E-state index in [-0.39, 0.29) is 5.56 Å². The fourth-order valence-corrected chi connectivity index (χ4v) is 3.31. The van der Waals surface area contributed by atoms with Crippen molar-refractivity contribution in [3.63, 3.8) is 0 Å². The number of para-hydroxylation sites is 1. The molecule has 1 aliphatic rings. The topological polar surface area (TPSA) is 36.1 Å². The third-order valence-electron chi connectivity index (χ3n) is 4.56. The Morgan fingerprint density at radius 3 is 2.59 bits per heavy atom. The van der Waals surface area contributed by atoms with Gasteiger partial charge in [-0.05, 0) is 50.3 Å². The smallest absolute Gasteiger partial charge is 0.251 e. The van der Waals surface area contributed by atoms with E-state index in [1.54, 1.807) is 0 Å². The molecule has 0 aliphatic carbocycles. The lowest BCUT2D eigenvalue weighted by Crippen LogP contribution is -2.30. The molecule has 1 fully saturated rings. The number of pyridine rings is 1. The van der Waals surface area contributed by atoms with Crippen molar-refractivity contribution in [1.29, 1.82) is 0 Å². The number of rotatable bonds is 3. The van der Waals surface area contributed by atoms with Crippen LogP contribution >= 0.6 is 0 Å². The van der Waals surface area contributed by atoms with Gasteiger partial charge >= 0.3 is 0 Å². The van der Waals surface area contributed by atoms with Gasteiger partial charge < -0.3 is 9.88 Å². The fourth-order valence-electron chi connectivity index (χ4n) is 3.31. The van der Waals surface area contributed by atoms with Crippen LogP contribution in [-0.2, 0) is 6.42 Å². The molecule has 2 aromatic rings. The van der Waals surface area contributed by atoms with Crippen molar-refractivity contribution in [3.8, 4) is 11.3 Å². The van der Waals surface area contributed by atoms with E-state index in [9.17, 15) is 4.79 Å². The first-order valence-corrected chi connectivity index (χ1v) is 8.28. The second-order valence-electron chi connectivity index (χ2n) is 6.10. The van der Waals surface area contributed by atoms with Crippen LogP contribution in [0.15, 0.2) is 35.1 Å². The Morgan fingerprint density at radius 1 is 1.14 bits per heavy atom. The molecule has 22 heavy (non-hydrogen) atoms. The van der Waals surface area contributed by atoms with Gasteiger partial charge in [0.2, 0.25) is 0 Å². The maximum atomic E-state index is 12.1. The third kappa shape index (κ3) is 2.80. The lowest BCUT2D eigenvalue weighted by Gasteiger charge is -2.31. The molecule has 0 atom stereocenters. The molecule has 3 heteroatoms. The van der Waals surface area contributed by atoms with Crippen molar-refractivity contribution in [3.05, 3.63) is 51.8 Å². The number of hydrogen-bond acceptors (Lipinski definition) is 2. The van der Waals surface area contributed by atoms with Gasteiger partial charge in [0.25, 0.3) is 5.56 Å². The number of hydrogen-bond donors (Lipinski definition) is 1. The summed E-state index contributed by atoms with van der Waals surface area (Å²) in [5, 5.41) is 0. The normalized spacial score (nSPS) is 15.1. The van der Waals surface area contributed by atoms with Gasteiger partial charge in [0.1, 0.15) is 0 Å². The van der Waals surface area contributed by atoms with Gasteiger partial charge in [-0.2, -0.15) is 0 Å². The van der Waals surface area contributed by atoms with Gasteiger partial charge in [-0.15, -0.1) is 0 Å². The number of piperidine rings is 1. The summed E-state index contributed by atoms with van der Waals surface area (Å²) in [4.78, 5) is 17.7. The van der Waals surface area contributed by atoms with E-state index in [0.717, 1.165) is 36.3 Å². The highest BCUT2D eigenvalue weighted by Gasteiger charge is 2.17. The van der Waals surface area contributed by atoms with E-state index < -0.39 is 0 Å². The molecular formula is C19H24N2O. The number of nitrogens with zero attached hydrogens (tertiary/aromatic N) is 1. The number of benzene rings is 1. The molecule has 0 radical (unpaired) electrons. The molecule has 1 aromatic heterocycles. The molecule has 116 valence electrons. The van der Waals surface area contributed by atoms with E-state index in [0.29, 0.717) is 0 Å². The van der Waals surface area contributed by atoms with Gasteiger partial charge in [-0.1, -0.05) is 25.1 Å². The zero-order valence-corrected chi connectivity index (χ0v) is 13.5. The zero-order chi connectivity index (χ0) is 15.5. The average molecular weight is 296 g/mol. The highest BCUT2D eigenvalue weighted by atomic mass is 16.1. The van der Waals surface area contributed by atoms with E-state index in [1.807, 2.05) is 13.0 Å². The summed E-state index contributed by atoms with van der Waals surface area (Å²) in [5.74, 6) is 0. The Bertz CT molecular complexity index is 712. The first-order chi connectivity index (χ1) is 10.7. The van der Waals surface area contributed by atoms with Crippen molar-refractivity contribution in [1.82, 2.24) is 4.98 Å². The summed E-state index contributed by atoms with van der Waals surface area (Å²) in [6.45, 7) is 6.22. The molecule has 3 rings (SSSR count). The average Bonchev–Trinajstić information content (AvgIpc) is 2.58. The summed E-state index contributed by atoms with van der Waals surface area (Å²) in [6.07, 6.45) is 4.74. The molecule has 2 heterocycles. The van der Waals surface area contributed by atoms with Crippen molar-refractivity contribution >= 4 is 5.69 Å². The molecular weight excluding hydrogens is 272 g/mol. The number of nitrogens with one attached hydrogen (secondary N) is 1. The standard InChI is InChI=1S/C19H24N2O/c1-3-15-13-14(2)19(22)20-18(15)16-9-5-6-10-17(16)21-11-7-4-8-12-21/h5-6,9-10,13H,3-4,7-8,11-12H2,1-2H3,(H,20,22). The molecule has 1 aliphatic heterocycles. The highest BCUT2D eigenvalue weighted by molar-refractivity contribution is 5.78. The Hall–Kier alpha value is -2.03. The number of aromatic nitrogens is 1. The number of H-pyrrole nitrogens is 1. The summed E-state index contributed by atoms with van der Waals surface area (Å²) < 4.78 is 0. The Morgan fingerprint density at radius 2 is 1.86 bits per heavy atom. The van der Waals surface area contributed by atoms with Crippen LogP contribution in [0.1, 0.15) is 37.3 Å². The van der Waals surface area contributed by atoms with E-state index in [2.05, 4.69) is 41.1 Å². The lowest BCUT2D eigenvalue weighted by atomic mass is 9.99. The van der Waals surface area contributed by atoms with Crippen LogP contribution in [-0.4, -0.2) is 18.1 Å². The number of anilines is 1. The Balaban J connectivity index is 2.12. The SMILES string of the molecule is CCc1cc(C)c(=O)[nH]c1-c1ccccc1N1CCCCC1. The lowest BCUT2D eigenvalue weighted by molar-refractivity contribution is 0.578. The molecule has 1 N–H and O–H groups in total. The van der Waals surface area contributed by atoms with Crippen molar-refractivity contribution in [2.45, 2.75) is 39.5 Å². The minimum absolute atomic E-state index is 0.0145. The second kappa shape index (κ2) is 6.39. The van der Waals surface area contributed by atoms with Crippen LogP contribution in [0.25, 0.3) is 11.3 Å². The van der Waals surface area contributed by atoms with Gasteiger partial charge in [-0.25, -0.2) is 0 Å². The fraction of sp³-hybridized carbons (Fsp3) is 0.421. The van der Waals surface area contributed by atoms with Crippen LogP contribution in [0.2, 0.25) is 0 Å².